The number of allylic oxidation sites excluding steroid dienone is 4. The molecule has 8 heteroatoms. The normalized spacial score (nSPS) is 17.8. The van der Waals surface area contributed by atoms with Gasteiger partial charge in [0.25, 0.3) is 0 Å². The molecule has 37 heavy (non-hydrogen) atoms. The molecule has 0 unspecified atom stereocenters. The second-order valence-electron chi connectivity index (χ2n) is 10.4. The van der Waals surface area contributed by atoms with Crippen LogP contribution in [0, 0.1) is 12.3 Å². The summed E-state index contributed by atoms with van der Waals surface area (Å²) in [6.07, 6.45) is 8.88. The number of halogens is 1. The minimum atomic E-state index is -0.540. The van der Waals surface area contributed by atoms with Gasteiger partial charge in [-0.15, -0.1) is 0 Å². The quantitative estimate of drug-likeness (QED) is 0.331. The Bertz CT molecular complexity index is 1230. The molecular weight excluding hydrogens is 488 g/mol. The first-order valence-corrected chi connectivity index (χ1v) is 13.4. The fraction of sp³-hybridized carbons (Fsp3) is 0.483. The van der Waals surface area contributed by atoms with Gasteiger partial charge in [-0.25, -0.2) is 9.97 Å². The number of anilines is 1. The Balaban J connectivity index is 1.76. The number of aliphatic hydroxyl groups is 1. The fourth-order valence-corrected chi connectivity index (χ4v) is 5.53. The molecule has 1 fully saturated rings. The van der Waals surface area contributed by atoms with Crippen molar-refractivity contribution in [3.63, 3.8) is 0 Å². The smallest absolute Gasteiger partial charge is 0.163 e. The molecule has 0 saturated carbocycles. The molecule has 0 bridgehead atoms. The maximum Gasteiger partial charge on any atom is 0.163 e. The van der Waals surface area contributed by atoms with Gasteiger partial charge in [0, 0.05) is 35.3 Å². The largest absolute Gasteiger partial charge is 0.491 e. The van der Waals surface area contributed by atoms with Crippen LogP contribution >= 0.6 is 11.6 Å². The van der Waals surface area contributed by atoms with Gasteiger partial charge < -0.3 is 20.5 Å². The lowest BCUT2D eigenvalue weighted by Crippen LogP contribution is -2.57. The SMILES string of the molecule is CCC[C@@H](O)COc1ccc(Cl)c(-c2nc(C(C(C)=O)=C(C)N)c(C)c(N3CC4(CC=CCC4)C3)n2)c1. The number of ether oxygens (including phenoxy) is 1. The van der Waals surface area contributed by atoms with E-state index >= 15 is 0 Å². The number of nitrogens with two attached hydrogens (primary N) is 1. The van der Waals surface area contributed by atoms with Crippen molar-refractivity contribution >= 4 is 28.8 Å². The Labute approximate surface area is 224 Å². The van der Waals surface area contributed by atoms with Crippen LogP contribution in [0.1, 0.15) is 64.1 Å². The van der Waals surface area contributed by atoms with Gasteiger partial charge in [-0.05, 0) is 64.7 Å². The second-order valence-corrected chi connectivity index (χ2v) is 10.8. The first-order valence-electron chi connectivity index (χ1n) is 13.0. The number of rotatable bonds is 9. The predicted molar refractivity (Wildman–Crippen MR) is 149 cm³/mol. The summed E-state index contributed by atoms with van der Waals surface area (Å²) in [4.78, 5) is 24.7. The Hall–Kier alpha value is -2.90. The number of hydrogen-bond acceptors (Lipinski definition) is 7. The van der Waals surface area contributed by atoms with Crippen molar-refractivity contribution in [1.82, 2.24) is 9.97 Å². The molecule has 2 aliphatic rings. The summed E-state index contributed by atoms with van der Waals surface area (Å²) >= 11 is 6.63. The number of ketones is 1. The Kier molecular flexibility index (Phi) is 8.24. The lowest BCUT2D eigenvalue weighted by molar-refractivity contribution is -0.111. The first kappa shape index (κ1) is 27.1. The summed E-state index contributed by atoms with van der Waals surface area (Å²) in [5.41, 5.74) is 9.20. The third kappa shape index (κ3) is 5.83. The van der Waals surface area contributed by atoms with Crippen LogP contribution in [0.4, 0.5) is 5.82 Å². The molecule has 1 atom stereocenters. The van der Waals surface area contributed by atoms with Crippen LogP contribution in [0.3, 0.4) is 0 Å². The van der Waals surface area contributed by atoms with E-state index in [4.69, 9.17) is 32.0 Å². The molecule has 7 nitrogen and oxygen atoms in total. The van der Waals surface area contributed by atoms with Crippen molar-refractivity contribution in [1.29, 1.82) is 0 Å². The minimum absolute atomic E-state index is 0.149. The summed E-state index contributed by atoms with van der Waals surface area (Å²) in [7, 11) is 0. The van der Waals surface area contributed by atoms with Crippen LogP contribution in [0.2, 0.25) is 5.02 Å². The summed E-state index contributed by atoms with van der Waals surface area (Å²) in [6, 6.07) is 5.29. The van der Waals surface area contributed by atoms with Gasteiger partial charge in [0.2, 0.25) is 0 Å². The highest BCUT2D eigenvalue weighted by molar-refractivity contribution is 6.33. The van der Waals surface area contributed by atoms with E-state index in [-0.39, 0.29) is 17.8 Å². The van der Waals surface area contributed by atoms with Crippen LogP contribution in [0.25, 0.3) is 17.0 Å². The summed E-state index contributed by atoms with van der Waals surface area (Å²) < 4.78 is 5.84. The second kappa shape index (κ2) is 11.2. The van der Waals surface area contributed by atoms with Crippen molar-refractivity contribution in [2.75, 3.05) is 24.6 Å². The van der Waals surface area contributed by atoms with Crippen molar-refractivity contribution < 1.29 is 14.6 Å². The molecule has 2 heterocycles. The molecule has 1 aromatic heterocycles. The third-order valence-corrected chi connectivity index (χ3v) is 7.59. The number of aromatic nitrogens is 2. The molecule has 198 valence electrons. The molecule has 1 aliphatic carbocycles. The third-order valence-electron chi connectivity index (χ3n) is 7.26. The minimum Gasteiger partial charge on any atom is -0.491 e. The number of carbonyl (C=O) groups excluding carboxylic acids is 1. The summed E-state index contributed by atoms with van der Waals surface area (Å²) in [5.74, 6) is 1.62. The summed E-state index contributed by atoms with van der Waals surface area (Å²) in [6.45, 7) is 9.18. The molecule has 3 N–H and O–H groups in total. The van der Waals surface area contributed by atoms with Gasteiger partial charge in [-0.2, -0.15) is 0 Å². The monoisotopic (exact) mass is 524 g/mol. The van der Waals surface area contributed by atoms with Crippen molar-refractivity contribution in [2.45, 2.75) is 65.9 Å². The van der Waals surface area contributed by atoms with Gasteiger partial charge in [-0.1, -0.05) is 37.1 Å². The van der Waals surface area contributed by atoms with E-state index in [9.17, 15) is 9.90 Å². The molecule has 0 radical (unpaired) electrons. The Morgan fingerprint density at radius 2 is 2.03 bits per heavy atom. The molecular formula is C29H37ClN4O3. The van der Waals surface area contributed by atoms with E-state index in [1.807, 2.05) is 13.8 Å². The summed E-state index contributed by atoms with van der Waals surface area (Å²) in [5, 5.41) is 10.6. The van der Waals surface area contributed by atoms with Crippen molar-refractivity contribution in [2.24, 2.45) is 11.1 Å². The number of aliphatic hydroxyl groups excluding tert-OH is 1. The lowest BCUT2D eigenvalue weighted by atomic mass is 9.71. The molecule has 1 spiro atoms. The Morgan fingerprint density at radius 1 is 1.27 bits per heavy atom. The van der Waals surface area contributed by atoms with Crippen LogP contribution in [-0.4, -0.2) is 46.7 Å². The van der Waals surface area contributed by atoms with Crippen LogP contribution in [0.15, 0.2) is 36.0 Å². The molecule has 4 rings (SSSR count). The topological polar surface area (TPSA) is 102 Å². The average molecular weight is 525 g/mol. The maximum absolute atomic E-state index is 12.6. The molecule has 2 aromatic rings. The zero-order valence-corrected chi connectivity index (χ0v) is 22.9. The zero-order valence-electron chi connectivity index (χ0n) is 22.2. The molecule has 0 amide bonds. The van der Waals surface area contributed by atoms with Crippen LogP contribution < -0.4 is 15.4 Å². The standard InChI is InChI=1S/C29H37ClN4O3/c1-5-9-21(36)15-37-22-10-11-24(30)23(14-22)27-32-26(25(19(3)31)20(4)35)18(2)28(33-27)34-16-29(17-34)12-7-6-8-13-29/h6-7,10-11,14,21,36H,5,8-9,12-13,15-17,31H2,1-4H3/t21-/m1/s1. The fourth-order valence-electron chi connectivity index (χ4n) is 5.33. The van der Waals surface area contributed by atoms with E-state index in [1.165, 1.54) is 13.3 Å². The average Bonchev–Trinajstić information content (AvgIpc) is 2.83. The highest BCUT2D eigenvalue weighted by atomic mass is 35.5. The van der Waals surface area contributed by atoms with Gasteiger partial charge in [-0.3, -0.25) is 4.79 Å². The van der Waals surface area contributed by atoms with Gasteiger partial charge >= 0.3 is 0 Å². The number of Topliss-reactive ketones (excluding diaryl/α,β-unsaturated/α-hetero) is 1. The van der Waals surface area contributed by atoms with Crippen LogP contribution in [-0.2, 0) is 4.79 Å². The highest BCUT2D eigenvalue weighted by Crippen LogP contribution is 2.45. The van der Waals surface area contributed by atoms with E-state index < -0.39 is 6.10 Å². The molecule has 1 aromatic carbocycles. The lowest BCUT2D eigenvalue weighted by Gasteiger charge is -2.52. The van der Waals surface area contributed by atoms with E-state index in [0.29, 0.717) is 45.5 Å². The van der Waals surface area contributed by atoms with Crippen LogP contribution in [0.5, 0.6) is 5.75 Å². The van der Waals surface area contributed by atoms with Gasteiger partial charge in [0.15, 0.2) is 11.6 Å². The first-order chi connectivity index (χ1) is 17.6. The molecule has 1 saturated heterocycles. The van der Waals surface area contributed by atoms with Crippen molar-refractivity contribution in [3.05, 3.63) is 52.3 Å². The van der Waals surface area contributed by atoms with Gasteiger partial charge in [0.1, 0.15) is 18.2 Å². The number of benzene rings is 1. The van der Waals surface area contributed by atoms with E-state index in [0.717, 1.165) is 43.7 Å². The van der Waals surface area contributed by atoms with Crippen molar-refractivity contribution in [3.8, 4) is 17.1 Å². The van der Waals surface area contributed by atoms with Gasteiger partial charge in [0.05, 0.1) is 22.4 Å². The predicted octanol–water partition coefficient (Wildman–Crippen LogP) is 5.47. The number of hydrogen-bond donors (Lipinski definition) is 2. The molecule has 1 aliphatic heterocycles. The highest BCUT2D eigenvalue weighted by Gasteiger charge is 2.43. The van der Waals surface area contributed by atoms with E-state index in [2.05, 4.69) is 17.1 Å². The number of carbonyl (C=O) groups is 1. The maximum atomic E-state index is 12.6. The number of nitrogens with zero attached hydrogens (tertiary/aromatic N) is 3. The van der Waals surface area contributed by atoms with E-state index in [1.54, 1.807) is 25.1 Å². The Morgan fingerprint density at radius 3 is 2.65 bits per heavy atom. The zero-order chi connectivity index (χ0) is 26.7.